The maximum absolute atomic E-state index is 13.3. The van der Waals surface area contributed by atoms with Crippen LogP contribution in [0.5, 0.6) is 0 Å². The first kappa shape index (κ1) is 14.2. The molecule has 0 bridgehead atoms. The van der Waals surface area contributed by atoms with E-state index in [9.17, 15) is 14.0 Å². The number of carbonyl (C=O) groups is 2. The summed E-state index contributed by atoms with van der Waals surface area (Å²) in [7, 11) is 0. The zero-order valence-electron chi connectivity index (χ0n) is 11.6. The summed E-state index contributed by atoms with van der Waals surface area (Å²) in [6.07, 6.45) is 2.68. The highest BCUT2D eigenvalue weighted by Gasteiger charge is 2.23. The molecule has 0 spiro atoms. The Kier molecular flexibility index (Phi) is 3.58. The van der Waals surface area contributed by atoms with Crippen molar-refractivity contribution >= 4 is 17.6 Å². The number of carbonyl (C=O) groups excluding carboxylic acids is 1. The summed E-state index contributed by atoms with van der Waals surface area (Å²) in [5.74, 6) is -1.76. The minimum absolute atomic E-state index is 0.114. The molecule has 114 valence electrons. The number of carboxylic acid groups (broad SMARTS) is 1. The first-order valence-corrected chi connectivity index (χ1v) is 6.77. The minimum atomic E-state index is -1.20. The number of carboxylic acids is 1. The Morgan fingerprint density at radius 2 is 2.18 bits per heavy atom. The number of rotatable bonds is 3. The van der Waals surface area contributed by atoms with E-state index in [2.05, 4.69) is 10.3 Å². The Hall–Kier alpha value is -2.77. The van der Waals surface area contributed by atoms with Crippen LogP contribution < -0.4 is 4.90 Å². The highest BCUT2D eigenvalue weighted by Crippen LogP contribution is 2.27. The second kappa shape index (κ2) is 5.55. The Balaban J connectivity index is 1.80. The van der Waals surface area contributed by atoms with Gasteiger partial charge in [-0.1, -0.05) is 5.21 Å². The van der Waals surface area contributed by atoms with Crippen molar-refractivity contribution < 1.29 is 19.1 Å². The molecule has 8 heteroatoms. The summed E-state index contributed by atoms with van der Waals surface area (Å²) in [6.45, 7) is 0.426. The fourth-order valence-corrected chi connectivity index (χ4v) is 2.52. The molecule has 0 saturated carbocycles. The summed E-state index contributed by atoms with van der Waals surface area (Å²) in [4.78, 5) is 24.7. The van der Waals surface area contributed by atoms with Crippen molar-refractivity contribution in [2.75, 3.05) is 11.4 Å². The normalized spacial score (nSPS) is 13.8. The number of benzene rings is 1. The number of anilines is 1. The highest BCUT2D eigenvalue weighted by molar-refractivity contribution is 5.94. The van der Waals surface area contributed by atoms with Gasteiger partial charge in [-0.25, -0.2) is 13.9 Å². The zero-order valence-corrected chi connectivity index (χ0v) is 11.6. The molecule has 0 aliphatic carbocycles. The fraction of sp³-hybridized carbons (Fsp3) is 0.286. The van der Waals surface area contributed by atoms with Crippen molar-refractivity contribution in [3.8, 4) is 0 Å². The summed E-state index contributed by atoms with van der Waals surface area (Å²) >= 11 is 0. The predicted molar refractivity (Wildman–Crippen MR) is 74.1 cm³/mol. The lowest BCUT2D eigenvalue weighted by atomic mass is 10.0. The largest absolute Gasteiger partial charge is 0.476 e. The van der Waals surface area contributed by atoms with Gasteiger partial charge in [0.1, 0.15) is 12.4 Å². The van der Waals surface area contributed by atoms with Crippen LogP contribution in [0.25, 0.3) is 0 Å². The number of hydrogen-bond donors (Lipinski definition) is 1. The molecule has 0 saturated heterocycles. The van der Waals surface area contributed by atoms with E-state index >= 15 is 0 Å². The van der Waals surface area contributed by atoms with E-state index in [0.717, 1.165) is 18.4 Å². The molecule has 1 aliphatic rings. The van der Waals surface area contributed by atoms with Crippen molar-refractivity contribution in [3.63, 3.8) is 0 Å². The van der Waals surface area contributed by atoms with Crippen LogP contribution in [0.15, 0.2) is 24.4 Å². The second-order valence-electron chi connectivity index (χ2n) is 5.03. The molecule has 2 aromatic rings. The summed E-state index contributed by atoms with van der Waals surface area (Å²) in [5, 5.41) is 15.9. The Morgan fingerprint density at radius 1 is 1.36 bits per heavy atom. The van der Waals surface area contributed by atoms with E-state index in [-0.39, 0.29) is 24.0 Å². The van der Waals surface area contributed by atoms with Gasteiger partial charge in [0, 0.05) is 12.2 Å². The molecule has 1 amide bonds. The third-order valence-electron chi connectivity index (χ3n) is 3.52. The molecule has 1 N–H and O–H groups in total. The monoisotopic (exact) mass is 304 g/mol. The van der Waals surface area contributed by atoms with Gasteiger partial charge >= 0.3 is 5.97 Å². The number of nitrogens with zero attached hydrogens (tertiary/aromatic N) is 4. The SMILES string of the molecule is O=C(O)c1cn(CC(=O)N2CCCc3cc(F)ccc32)nn1. The standard InChI is InChI=1S/C14H13FN4O3/c15-10-3-4-12-9(6-10)2-1-5-19(12)13(20)8-18-7-11(14(21)22)16-17-18/h3-4,6-7H,1-2,5,8H2,(H,21,22). The van der Waals surface area contributed by atoms with Crippen LogP contribution in [0.1, 0.15) is 22.5 Å². The summed E-state index contributed by atoms with van der Waals surface area (Å²) < 4.78 is 14.5. The first-order valence-electron chi connectivity index (χ1n) is 6.77. The average Bonchev–Trinajstić information content (AvgIpc) is 2.95. The van der Waals surface area contributed by atoms with Gasteiger partial charge in [0.25, 0.3) is 0 Å². The fourth-order valence-electron chi connectivity index (χ4n) is 2.52. The van der Waals surface area contributed by atoms with Gasteiger partial charge in [-0.3, -0.25) is 4.79 Å². The van der Waals surface area contributed by atoms with Crippen molar-refractivity contribution in [1.29, 1.82) is 0 Å². The van der Waals surface area contributed by atoms with Crippen molar-refractivity contribution in [1.82, 2.24) is 15.0 Å². The molecule has 0 atom stereocenters. The third kappa shape index (κ3) is 2.67. The Bertz CT molecular complexity index is 743. The van der Waals surface area contributed by atoms with E-state index in [1.165, 1.54) is 23.0 Å². The number of aromatic carboxylic acids is 1. The van der Waals surface area contributed by atoms with Crippen molar-refractivity contribution in [3.05, 3.63) is 41.5 Å². The predicted octanol–water partition coefficient (Wildman–Crippen LogP) is 1.09. The molecule has 2 heterocycles. The van der Waals surface area contributed by atoms with Crippen LogP contribution in [0.3, 0.4) is 0 Å². The second-order valence-corrected chi connectivity index (χ2v) is 5.03. The number of halogens is 1. The van der Waals surface area contributed by atoms with Gasteiger partial charge in [0.2, 0.25) is 5.91 Å². The molecule has 0 fully saturated rings. The van der Waals surface area contributed by atoms with E-state index in [4.69, 9.17) is 5.11 Å². The van der Waals surface area contributed by atoms with E-state index in [1.54, 1.807) is 11.0 Å². The van der Waals surface area contributed by atoms with E-state index < -0.39 is 5.97 Å². The van der Waals surface area contributed by atoms with Crippen molar-refractivity contribution in [2.45, 2.75) is 19.4 Å². The maximum atomic E-state index is 13.3. The molecule has 7 nitrogen and oxygen atoms in total. The number of amides is 1. The van der Waals surface area contributed by atoms with E-state index in [1.807, 2.05) is 0 Å². The van der Waals surface area contributed by atoms with Gasteiger partial charge in [-0.2, -0.15) is 0 Å². The number of aryl methyl sites for hydroxylation is 1. The number of fused-ring (bicyclic) bond motifs is 1. The zero-order chi connectivity index (χ0) is 15.7. The van der Waals surface area contributed by atoms with Crippen LogP contribution in [-0.4, -0.2) is 38.5 Å². The van der Waals surface area contributed by atoms with Gasteiger partial charge in [0.05, 0.1) is 6.20 Å². The molecule has 3 rings (SSSR count). The topological polar surface area (TPSA) is 88.3 Å². The third-order valence-corrected chi connectivity index (χ3v) is 3.52. The van der Waals surface area contributed by atoms with Gasteiger partial charge < -0.3 is 10.0 Å². The molecule has 1 aromatic carbocycles. The maximum Gasteiger partial charge on any atom is 0.358 e. The molecule has 1 aromatic heterocycles. The van der Waals surface area contributed by atoms with Crippen LogP contribution in [-0.2, 0) is 17.8 Å². The molecular formula is C14H13FN4O3. The average molecular weight is 304 g/mol. The Labute approximate surface area is 125 Å². The number of hydrogen-bond acceptors (Lipinski definition) is 4. The minimum Gasteiger partial charge on any atom is -0.476 e. The van der Waals surface area contributed by atoms with Gasteiger partial charge in [0.15, 0.2) is 5.69 Å². The van der Waals surface area contributed by atoms with Crippen LogP contribution in [0.2, 0.25) is 0 Å². The molecule has 1 aliphatic heterocycles. The highest BCUT2D eigenvalue weighted by atomic mass is 19.1. The van der Waals surface area contributed by atoms with Crippen molar-refractivity contribution in [2.24, 2.45) is 0 Å². The lowest BCUT2D eigenvalue weighted by Crippen LogP contribution is -2.37. The van der Waals surface area contributed by atoms with Gasteiger partial charge in [-0.15, -0.1) is 5.10 Å². The van der Waals surface area contributed by atoms with Crippen LogP contribution in [0.4, 0.5) is 10.1 Å². The molecular weight excluding hydrogens is 291 g/mol. The van der Waals surface area contributed by atoms with Crippen LogP contribution in [0, 0.1) is 5.82 Å². The quantitative estimate of drug-likeness (QED) is 0.917. The summed E-state index contributed by atoms with van der Waals surface area (Å²) in [5.41, 5.74) is 1.27. The van der Waals surface area contributed by atoms with E-state index in [0.29, 0.717) is 12.2 Å². The molecule has 0 radical (unpaired) electrons. The molecule has 0 unspecified atom stereocenters. The smallest absolute Gasteiger partial charge is 0.358 e. The molecule has 22 heavy (non-hydrogen) atoms. The first-order chi connectivity index (χ1) is 10.5. The number of aromatic nitrogens is 3. The summed E-state index contributed by atoms with van der Waals surface area (Å²) in [6, 6.07) is 4.35. The Morgan fingerprint density at radius 3 is 2.91 bits per heavy atom. The van der Waals surface area contributed by atoms with Gasteiger partial charge in [-0.05, 0) is 36.6 Å². The lowest BCUT2D eigenvalue weighted by Gasteiger charge is -2.29. The van der Waals surface area contributed by atoms with Crippen LogP contribution >= 0.6 is 0 Å². The lowest BCUT2D eigenvalue weighted by molar-refractivity contribution is -0.119.